The van der Waals surface area contributed by atoms with Crippen LogP contribution in [0.4, 0.5) is 0 Å². The lowest BCUT2D eigenvalue weighted by Gasteiger charge is -2.20. The fourth-order valence-electron chi connectivity index (χ4n) is 9.93. The third kappa shape index (κ3) is 60.6. The summed E-state index contributed by atoms with van der Waals surface area (Å²) >= 11 is 0. The predicted octanol–water partition coefficient (Wildman–Crippen LogP) is 21.1. The molecule has 0 spiro atoms. The Labute approximate surface area is 467 Å². The number of allylic oxidation sites excluding steroid dienone is 9. The van der Waals surface area contributed by atoms with E-state index in [1.54, 1.807) is 6.08 Å². The average molecular weight is 1050 g/mol. The molecule has 6 nitrogen and oxygen atoms in total. The van der Waals surface area contributed by atoms with Gasteiger partial charge in [-0.25, -0.2) is 0 Å². The summed E-state index contributed by atoms with van der Waals surface area (Å²) < 4.78 is 5.45. The molecule has 2 unspecified atom stereocenters. The van der Waals surface area contributed by atoms with E-state index in [1.165, 1.54) is 218 Å². The van der Waals surface area contributed by atoms with Crippen molar-refractivity contribution >= 4 is 11.9 Å². The molecule has 0 aliphatic heterocycles. The molecule has 0 saturated heterocycles. The summed E-state index contributed by atoms with van der Waals surface area (Å²) in [5.41, 5.74) is 0. The van der Waals surface area contributed by atoms with E-state index in [0.717, 1.165) is 96.3 Å². The summed E-state index contributed by atoms with van der Waals surface area (Å²) in [6.45, 7) is 4.85. The zero-order valence-electron chi connectivity index (χ0n) is 50.0. The van der Waals surface area contributed by atoms with Crippen LogP contribution in [0.3, 0.4) is 0 Å². The fourth-order valence-corrected chi connectivity index (χ4v) is 9.93. The number of esters is 1. The minimum absolute atomic E-state index is 0.0299. The number of amides is 1. The number of nitrogens with one attached hydrogen (secondary N) is 1. The van der Waals surface area contributed by atoms with E-state index < -0.39 is 12.1 Å². The van der Waals surface area contributed by atoms with E-state index in [9.17, 15) is 19.8 Å². The van der Waals surface area contributed by atoms with Crippen LogP contribution in [0, 0.1) is 0 Å². The van der Waals surface area contributed by atoms with Gasteiger partial charge in [-0.3, -0.25) is 9.59 Å². The highest BCUT2D eigenvalue weighted by Crippen LogP contribution is 2.17. The molecular formula is C69H127NO5. The monoisotopic (exact) mass is 1050 g/mol. The van der Waals surface area contributed by atoms with Crippen LogP contribution in [0.2, 0.25) is 0 Å². The minimum atomic E-state index is -0.859. The zero-order chi connectivity index (χ0) is 54.3. The van der Waals surface area contributed by atoms with E-state index in [-0.39, 0.29) is 18.5 Å². The van der Waals surface area contributed by atoms with Gasteiger partial charge in [0.05, 0.1) is 25.4 Å². The summed E-state index contributed by atoms with van der Waals surface area (Å²) in [4.78, 5) is 24.6. The summed E-state index contributed by atoms with van der Waals surface area (Å²) in [5.74, 6) is -0.112. The maximum Gasteiger partial charge on any atom is 0.305 e. The van der Waals surface area contributed by atoms with Crippen molar-refractivity contribution in [1.29, 1.82) is 0 Å². The lowest BCUT2D eigenvalue weighted by molar-refractivity contribution is -0.143. The Morgan fingerprint density at radius 3 is 1.03 bits per heavy atom. The van der Waals surface area contributed by atoms with Crippen molar-refractivity contribution in [2.75, 3.05) is 13.2 Å². The molecular weight excluding hydrogens is 923 g/mol. The smallest absolute Gasteiger partial charge is 0.305 e. The van der Waals surface area contributed by atoms with Crippen LogP contribution in [0.1, 0.15) is 341 Å². The number of carbonyl (C=O) groups is 2. The molecule has 0 bridgehead atoms. The zero-order valence-corrected chi connectivity index (χ0v) is 50.0. The van der Waals surface area contributed by atoms with Gasteiger partial charge in [-0.15, -0.1) is 0 Å². The van der Waals surface area contributed by atoms with E-state index in [2.05, 4.69) is 67.8 Å². The van der Waals surface area contributed by atoms with Crippen molar-refractivity contribution in [3.63, 3.8) is 0 Å². The van der Waals surface area contributed by atoms with Gasteiger partial charge in [0.15, 0.2) is 0 Å². The summed E-state index contributed by atoms with van der Waals surface area (Å²) in [6, 6.07) is -0.644. The molecule has 2 atom stereocenters. The molecule has 1 amide bonds. The van der Waals surface area contributed by atoms with Crippen molar-refractivity contribution in [3.8, 4) is 0 Å². The third-order valence-electron chi connectivity index (χ3n) is 15.0. The van der Waals surface area contributed by atoms with Crippen LogP contribution >= 0.6 is 0 Å². The molecule has 6 heteroatoms. The topological polar surface area (TPSA) is 95.9 Å². The van der Waals surface area contributed by atoms with Gasteiger partial charge in [0.2, 0.25) is 5.91 Å². The number of rotatable bonds is 61. The fraction of sp³-hybridized carbons (Fsp3) is 0.826. The van der Waals surface area contributed by atoms with Gasteiger partial charge in [-0.05, 0) is 103 Å². The SMILES string of the molecule is CCCCCC/C=C\C/C=C\CCCCCCCC(=O)OCCCCC/C=C\C/C=C\CCCCCCCCCC(=O)NC(CO)C(O)/C=C/CCCCCCCCCCCCCCCCCCCCCCCCC. The Morgan fingerprint density at radius 2 is 0.667 bits per heavy atom. The quantitative estimate of drug-likeness (QED) is 0.0320. The Bertz CT molecular complexity index is 1300. The van der Waals surface area contributed by atoms with E-state index in [1.807, 2.05) is 6.08 Å². The van der Waals surface area contributed by atoms with Crippen LogP contribution in [0.15, 0.2) is 60.8 Å². The van der Waals surface area contributed by atoms with E-state index in [4.69, 9.17) is 4.74 Å². The number of hydrogen-bond acceptors (Lipinski definition) is 5. The molecule has 0 aromatic heterocycles. The molecule has 0 heterocycles. The lowest BCUT2D eigenvalue weighted by atomic mass is 10.0. The Balaban J connectivity index is 3.53. The molecule has 0 saturated carbocycles. The summed E-state index contributed by atoms with van der Waals surface area (Å²) in [6.07, 6.45) is 84.1. The molecule has 438 valence electrons. The van der Waals surface area contributed by atoms with Crippen LogP contribution in [-0.4, -0.2) is 47.4 Å². The highest BCUT2D eigenvalue weighted by Gasteiger charge is 2.18. The second-order valence-electron chi connectivity index (χ2n) is 22.4. The second-order valence-corrected chi connectivity index (χ2v) is 22.4. The van der Waals surface area contributed by atoms with Gasteiger partial charge in [0, 0.05) is 12.8 Å². The maximum absolute atomic E-state index is 12.5. The van der Waals surface area contributed by atoms with E-state index in [0.29, 0.717) is 19.4 Å². The highest BCUT2D eigenvalue weighted by atomic mass is 16.5. The maximum atomic E-state index is 12.5. The van der Waals surface area contributed by atoms with Crippen LogP contribution in [0.25, 0.3) is 0 Å². The first kappa shape index (κ1) is 72.6. The van der Waals surface area contributed by atoms with Gasteiger partial charge in [0.1, 0.15) is 0 Å². The number of ether oxygens (including phenoxy) is 1. The first-order valence-electron chi connectivity index (χ1n) is 33.1. The van der Waals surface area contributed by atoms with Gasteiger partial charge in [-0.1, -0.05) is 286 Å². The van der Waals surface area contributed by atoms with Gasteiger partial charge in [0.25, 0.3) is 0 Å². The number of hydrogen-bond donors (Lipinski definition) is 3. The van der Waals surface area contributed by atoms with Gasteiger partial charge < -0.3 is 20.3 Å². The second kappa shape index (κ2) is 64.1. The largest absolute Gasteiger partial charge is 0.466 e. The first-order valence-corrected chi connectivity index (χ1v) is 33.1. The number of unbranched alkanes of at least 4 members (excludes halogenated alkanes) is 42. The first-order chi connectivity index (χ1) is 37.0. The van der Waals surface area contributed by atoms with Gasteiger partial charge >= 0.3 is 5.97 Å². The number of carbonyl (C=O) groups excluding carboxylic acids is 2. The standard InChI is InChI=1S/C69H127NO5/c1-3-5-7-9-11-13-15-17-19-21-22-23-24-25-26-27-28-30-33-37-41-45-49-53-57-61-67(72)66(65-71)70-68(73)62-58-54-50-46-42-38-34-31-29-32-36-40-44-48-52-56-60-64-75-69(74)63-59-55-51-47-43-39-35-20-18-16-14-12-10-8-6-4-2/h14,16,20,29,32,35,40,44,57,61,66-67,71-72H,3-13,15,17-19,21-28,30-31,33-34,36-39,41-43,45-56,58-60,62-65H2,1-2H3,(H,70,73)/b16-14-,32-29-,35-20-,44-40-,61-57+. The number of aliphatic hydroxyl groups excluding tert-OH is 2. The third-order valence-corrected chi connectivity index (χ3v) is 15.0. The van der Waals surface area contributed by atoms with Crippen molar-refractivity contribution < 1.29 is 24.5 Å². The Morgan fingerprint density at radius 1 is 0.373 bits per heavy atom. The molecule has 0 radical (unpaired) electrons. The molecule has 3 N–H and O–H groups in total. The van der Waals surface area contributed by atoms with Crippen molar-refractivity contribution in [3.05, 3.63) is 60.8 Å². The van der Waals surface area contributed by atoms with Crippen LogP contribution in [0.5, 0.6) is 0 Å². The predicted molar refractivity (Wildman–Crippen MR) is 328 cm³/mol. The molecule has 0 aliphatic rings. The number of aliphatic hydroxyl groups is 2. The lowest BCUT2D eigenvalue weighted by Crippen LogP contribution is -2.45. The Kier molecular flexibility index (Phi) is 62.0. The van der Waals surface area contributed by atoms with E-state index >= 15 is 0 Å². The summed E-state index contributed by atoms with van der Waals surface area (Å²) in [7, 11) is 0. The molecule has 0 rings (SSSR count). The van der Waals surface area contributed by atoms with Crippen molar-refractivity contribution in [2.24, 2.45) is 0 Å². The summed E-state index contributed by atoms with van der Waals surface area (Å²) in [5, 5.41) is 23.2. The van der Waals surface area contributed by atoms with Crippen molar-refractivity contribution in [1.82, 2.24) is 5.32 Å². The van der Waals surface area contributed by atoms with Crippen molar-refractivity contribution in [2.45, 2.75) is 353 Å². The van der Waals surface area contributed by atoms with Gasteiger partial charge in [-0.2, -0.15) is 0 Å². The van der Waals surface area contributed by atoms with Crippen LogP contribution < -0.4 is 5.32 Å². The average Bonchev–Trinajstić information content (AvgIpc) is 3.41. The molecule has 0 aromatic carbocycles. The molecule has 0 aromatic rings. The highest BCUT2D eigenvalue weighted by molar-refractivity contribution is 5.76. The normalized spacial score (nSPS) is 13.0. The van der Waals surface area contributed by atoms with Crippen LogP contribution in [-0.2, 0) is 14.3 Å². The molecule has 0 fully saturated rings. The molecule has 75 heavy (non-hydrogen) atoms. The Hall–Kier alpha value is -2.44. The molecule has 0 aliphatic carbocycles. The minimum Gasteiger partial charge on any atom is -0.466 e.